The van der Waals surface area contributed by atoms with Crippen molar-refractivity contribution in [2.75, 3.05) is 25.6 Å². The molecule has 2 aliphatic heterocycles. The van der Waals surface area contributed by atoms with Gasteiger partial charge in [0.2, 0.25) is 32.0 Å². The zero-order valence-electron chi connectivity index (χ0n) is 31.3. The van der Waals surface area contributed by atoms with Crippen LogP contribution in [0.3, 0.4) is 0 Å². The molecule has 0 spiro atoms. The van der Waals surface area contributed by atoms with Crippen molar-refractivity contribution in [1.29, 1.82) is 0 Å². The van der Waals surface area contributed by atoms with E-state index in [1.165, 1.54) is 64.3 Å². The van der Waals surface area contributed by atoms with Crippen LogP contribution in [0.5, 0.6) is 0 Å². The van der Waals surface area contributed by atoms with Gasteiger partial charge in [-0.25, -0.2) is 53.8 Å². The van der Waals surface area contributed by atoms with Gasteiger partial charge >= 0.3 is 18.3 Å². The van der Waals surface area contributed by atoms with Gasteiger partial charge in [0.15, 0.2) is 0 Å². The summed E-state index contributed by atoms with van der Waals surface area (Å²) in [4.78, 5) is 48.9. The van der Waals surface area contributed by atoms with Gasteiger partial charge in [-0.3, -0.25) is 10.6 Å². The Balaban J connectivity index is 0.000000348. The summed E-state index contributed by atoms with van der Waals surface area (Å²) >= 11 is 3.25. The van der Waals surface area contributed by atoms with Gasteiger partial charge in [0.1, 0.15) is 33.9 Å². The fourth-order valence-corrected chi connectivity index (χ4v) is 8.24. The molecule has 16 nitrogen and oxygen atoms in total. The van der Waals surface area contributed by atoms with Crippen LogP contribution in [-0.4, -0.2) is 92.5 Å². The van der Waals surface area contributed by atoms with Crippen molar-refractivity contribution in [2.24, 2.45) is 9.98 Å². The van der Waals surface area contributed by atoms with E-state index >= 15 is 0 Å². The summed E-state index contributed by atoms with van der Waals surface area (Å²) in [5, 5.41) is 4.68. The van der Waals surface area contributed by atoms with E-state index in [1.807, 2.05) is 0 Å². The Morgan fingerprint density at radius 1 is 0.759 bits per heavy atom. The number of alkyl carbamates (subject to hydrolysis) is 2. The molecule has 2 aromatic carbocycles. The Bertz CT molecular complexity index is 2060. The van der Waals surface area contributed by atoms with Crippen molar-refractivity contribution in [3.63, 3.8) is 0 Å². The molecular weight excluding hydrogens is 822 g/mol. The van der Waals surface area contributed by atoms with Gasteiger partial charge < -0.3 is 9.47 Å². The second-order valence-electron chi connectivity index (χ2n) is 14.3. The Hall–Kier alpha value is -4.46. The molecule has 0 unspecified atom stereocenters. The van der Waals surface area contributed by atoms with E-state index in [2.05, 4.69) is 36.5 Å². The number of ether oxygens (including phenoxy) is 2. The molecule has 0 fully saturated rings. The molecule has 0 saturated heterocycles. The molecule has 298 valence electrons. The molecule has 0 aliphatic carbocycles. The highest BCUT2D eigenvalue weighted by Gasteiger charge is 2.44. The molecule has 0 aromatic heterocycles. The monoisotopic (exact) mass is 864 g/mol. The highest BCUT2D eigenvalue weighted by molar-refractivity contribution is 9.10. The minimum Gasteiger partial charge on any atom is -0.444 e. The molecular formula is C33H43BrF2N6O10S2. The van der Waals surface area contributed by atoms with Gasteiger partial charge in [-0.05, 0) is 79.7 Å². The highest BCUT2D eigenvalue weighted by atomic mass is 79.9. The number of sulfonamides is 2. The maximum Gasteiger partial charge on any atom is 0.414 e. The summed E-state index contributed by atoms with van der Waals surface area (Å²) in [6, 6.07) is 10.0. The summed E-state index contributed by atoms with van der Waals surface area (Å²) in [5.41, 5.74) is -4.07. The number of nitrogens with zero attached hydrogens (tertiary/aromatic N) is 4. The van der Waals surface area contributed by atoms with E-state index in [4.69, 9.17) is 19.1 Å². The number of carbonyl (C=O) groups is 2. The average molecular weight is 866 g/mol. The third-order valence-corrected chi connectivity index (χ3v) is 11.6. The molecule has 0 radical (unpaired) electrons. The molecule has 0 bridgehead atoms. The lowest BCUT2D eigenvalue weighted by Crippen LogP contribution is -2.54. The maximum absolute atomic E-state index is 14.3. The zero-order valence-corrected chi connectivity index (χ0v) is 34.5. The summed E-state index contributed by atoms with van der Waals surface area (Å²) in [5.74, 6) is -2.46. The van der Waals surface area contributed by atoms with Crippen LogP contribution in [-0.2, 0) is 50.2 Å². The minimum atomic E-state index is -3.84. The van der Waals surface area contributed by atoms with Crippen LogP contribution < -0.4 is 10.6 Å². The SMILES string of the molecule is CN1C(NC(=O)OC(C)(C)C)=N[C@](C)(c2cc(Br)ccc2F)CS1(=O)=O.CN1C(NC(=O)OC(C)(C)C)=N[C@](C)(c2ccccc2F)CS1(=O)=O.O=C=O. The van der Waals surface area contributed by atoms with Gasteiger partial charge in [-0.2, -0.15) is 9.59 Å². The number of rotatable bonds is 2. The van der Waals surface area contributed by atoms with E-state index < -0.39 is 77.7 Å². The van der Waals surface area contributed by atoms with Crippen molar-refractivity contribution in [3.05, 3.63) is 69.7 Å². The number of nitrogens with one attached hydrogen (secondary N) is 2. The van der Waals surface area contributed by atoms with Gasteiger partial charge in [0, 0.05) is 29.7 Å². The molecule has 54 heavy (non-hydrogen) atoms. The highest BCUT2D eigenvalue weighted by Crippen LogP contribution is 2.36. The third-order valence-electron chi connectivity index (χ3n) is 7.25. The largest absolute Gasteiger partial charge is 0.444 e. The molecule has 2 aliphatic rings. The number of aliphatic imine (C=N–C) groups is 2. The van der Waals surface area contributed by atoms with Gasteiger partial charge in [0.25, 0.3) is 0 Å². The Morgan fingerprint density at radius 2 is 1.13 bits per heavy atom. The van der Waals surface area contributed by atoms with Crippen molar-refractivity contribution in [1.82, 2.24) is 19.2 Å². The third kappa shape index (κ3) is 12.3. The number of halogens is 3. The van der Waals surface area contributed by atoms with Crippen LogP contribution in [0.2, 0.25) is 0 Å². The summed E-state index contributed by atoms with van der Waals surface area (Å²) in [6.07, 6.45) is -1.44. The number of amides is 2. The normalized spacial score (nSPS) is 21.6. The second kappa shape index (κ2) is 16.9. The smallest absolute Gasteiger partial charge is 0.414 e. The Morgan fingerprint density at radius 3 is 1.52 bits per heavy atom. The molecule has 4 rings (SSSR count). The molecule has 2 heterocycles. The van der Waals surface area contributed by atoms with E-state index in [0.29, 0.717) is 4.47 Å². The quantitative estimate of drug-likeness (QED) is 0.430. The Kier molecular flexibility index (Phi) is 14.3. The standard InChI is InChI=1S/C16H21BrFN3O4S.C16H22FN3O4S.CO2/c1-15(2,3)25-14(22)19-13-20-16(4,9-26(23,24)21(13)5)11-8-10(17)6-7-12(11)18;1-15(2,3)24-14(21)18-13-19-16(4,10-25(22,23)20(13)5)11-8-6-7-9-12(11)17;2-1-3/h6-8H,9H2,1-5H3,(H,19,20,22);6-9H,10H2,1-5H3,(H,18,19,21);/t2*16-;/m00./s1. The Labute approximate surface area is 321 Å². The zero-order chi connectivity index (χ0) is 41.7. The lowest BCUT2D eigenvalue weighted by atomic mass is 9.94. The summed E-state index contributed by atoms with van der Waals surface area (Å²) in [7, 11) is -5.11. The number of hydrogen-bond donors (Lipinski definition) is 2. The summed E-state index contributed by atoms with van der Waals surface area (Å²) < 4.78 is 91.2. The van der Waals surface area contributed by atoms with Crippen LogP contribution in [0, 0.1) is 11.6 Å². The first-order valence-electron chi connectivity index (χ1n) is 15.8. The molecule has 21 heteroatoms. The topological polar surface area (TPSA) is 210 Å². The van der Waals surface area contributed by atoms with Gasteiger partial charge in [-0.1, -0.05) is 34.1 Å². The predicted molar refractivity (Wildman–Crippen MR) is 197 cm³/mol. The van der Waals surface area contributed by atoms with E-state index in [-0.39, 0.29) is 29.2 Å². The molecule has 2 aromatic rings. The fraction of sp³-hybridized carbons (Fsp3) is 0.485. The molecule has 2 amide bonds. The number of benzene rings is 2. The first-order valence-corrected chi connectivity index (χ1v) is 19.8. The van der Waals surface area contributed by atoms with Crippen LogP contribution in [0.25, 0.3) is 0 Å². The summed E-state index contributed by atoms with van der Waals surface area (Å²) in [6.45, 7) is 13.1. The second-order valence-corrected chi connectivity index (χ2v) is 19.2. The van der Waals surface area contributed by atoms with Gasteiger partial charge in [0.05, 0.1) is 11.5 Å². The first kappa shape index (κ1) is 45.7. The fourth-order valence-electron chi connectivity index (χ4n) is 4.93. The van der Waals surface area contributed by atoms with Crippen LogP contribution in [0.1, 0.15) is 66.5 Å². The minimum absolute atomic E-state index is 0.104. The van der Waals surface area contributed by atoms with Crippen molar-refractivity contribution in [2.45, 2.75) is 77.7 Å². The van der Waals surface area contributed by atoms with E-state index in [0.717, 1.165) is 8.61 Å². The molecule has 2 atom stereocenters. The van der Waals surface area contributed by atoms with Crippen molar-refractivity contribution in [3.8, 4) is 0 Å². The molecule has 2 N–H and O–H groups in total. The maximum atomic E-state index is 14.3. The number of carbonyl (C=O) groups excluding carboxylic acids is 4. The first-order chi connectivity index (χ1) is 24.5. The van der Waals surface area contributed by atoms with Crippen molar-refractivity contribution >= 4 is 66.2 Å². The number of hydrogen-bond acceptors (Lipinski definition) is 12. The number of guanidine groups is 2. The van der Waals surface area contributed by atoms with Crippen LogP contribution >= 0.6 is 15.9 Å². The van der Waals surface area contributed by atoms with Crippen LogP contribution in [0.4, 0.5) is 18.4 Å². The van der Waals surface area contributed by atoms with E-state index in [9.17, 15) is 35.2 Å². The van der Waals surface area contributed by atoms with Crippen LogP contribution in [0.15, 0.2) is 56.9 Å². The molecule has 0 saturated carbocycles. The predicted octanol–water partition coefficient (Wildman–Crippen LogP) is 4.57. The average Bonchev–Trinajstić information content (AvgIpc) is 2.98. The van der Waals surface area contributed by atoms with Gasteiger partial charge in [-0.15, -0.1) is 0 Å². The van der Waals surface area contributed by atoms with E-state index in [1.54, 1.807) is 47.6 Å². The lowest BCUT2D eigenvalue weighted by Gasteiger charge is -2.36. The lowest BCUT2D eigenvalue weighted by molar-refractivity contribution is -0.191. The van der Waals surface area contributed by atoms with Crippen molar-refractivity contribution < 1.29 is 54.3 Å².